The number of nitrogen functional groups attached to an aromatic ring is 1. The average molecular weight is 252 g/mol. The second-order valence-corrected chi connectivity index (χ2v) is 4.10. The highest BCUT2D eigenvalue weighted by Crippen LogP contribution is 2.27. The van der Waals surface area contributed by atoms with E-state index in [0.717, 1.165) is 5.56 Å². The van der Waals surface area contributed by atoms with Crippen molar-refractivity contribution < 1.29 is 9.13 Å². The van der Waals surface area contributed by atoms with Crippen molar-refractivity contribution in [1.82, 2.24) is 0 Å². The Bertz CT molecular complexity index is 508. The van der Waals surface area contributed by atoms with E-state index in [1.807, 2.05) is 6.92 Å². The number of anilines is 1. The third kappa shape index (κ3) is 2.68. The minimum atomic E-state index is -0.503. The van der Waals surface area contributed by atoms with E-state index in [0.29, 0.717) is 17.2 Å². The number of aryl methyl sites for hydroxylation is 1. The van der Waals surface area contributed by atoms with E-state index in [9.17, 15) is 4.39 Å². The number of rotatable bonds is 2. The molecule has 0 radical (unpaired) electrons. The summed E-state index contributed by atoms with van der Waals surface area (Å²) in [7, 11) is 0. The Morgan fingerprint density at radius 3 is 2.41 bits per heavy atom. The molecule has 2 aromatic carbocycles. The van der Waals surface area contributed by atoms with Gasteiger partial charge in [0.15, 0.2) is 0 Å². The summed E-state index contributed by atoms with van der Waals surface area (Å²) in [6.45, 7) is 1.88. The summed E-state index contributed by atoms with van der Waals surface area (Å²) in [5.74, 6) is 0.505. The molecule has 0 amide bonds. The molecule has 0 aliphatic heterocycles. The molecule has 2 rings (SSSR count). The fourth-order valence-corrected chi connectivity index (χ4v) is 1.51. The van der Waals surface area contributed by atoms with Gasteiger partial charge in [0, 0.05) is 11.8 Å². The minimum Gasteiger partial charge on any atom is -0.457 e. The SMILES string of the molecule is Cc1cc(Oc2ccc(Cl)c(F)c2)ccc1N. The molecule has 88 valence electrons. The Hall–Kier alpha value is -1.74. The van der Waals surface area contributed by atoms with Crippen LogP contribution in [-0.4, -0.2) is 0 Å². The first-order valence-corrected chi connectivity index (χ1v) is 5.43. The van der Waals surface area contributed by atoms with Crippen molar-refractivity contribution in [3.8, 4) is 11.5 Å². The van der Waals surface area contributed by atoms with Crippen molar-refractivity contribution in [3.63, 3.8) is 0 Å². The van der Waals surface area contributed by atoms with Crippen molar-refractivity contribution in [2.24, 2.45) is 0 Å². The van der Waals surface area contributed by atoms with Gasteiger partial charge in [0.05, 0.1) is 5.02 Å². The molecule has 0 aromatic heterocycles. The van der Waals surface area contributed by atoms with Crippen LogP contribution >= 0.6 is 11.6 Å². The van der Waals surface area contributed by atoms with E-state index in [2.05, 4.69) is 0 Å². The maximum atomic E-state index is 13.2. The molecule has 17 heavy (non-hydrogen) atoms. The lowest BCUT2D eigenvalue weighted by Gasteiger charge is -2.08. The van der Waals surface area contributed by atoms with Crippen LogP contribution < -0.4 is 10.5 Å². The highest BCUT2D eigenvalue weighted by atomic mass is 35.5. The number of hydrogen-bond donors (Lipinski definition) is 1. The number of hydrogen-bond acceptors (Lipinski definition) is 2. The minimum absolute atomic E-state index is 0.0748. The second kappa shape index (κ2) is 4.63. The van der Waals surface area contributed by atoms with Gasteiger partial charge in [-0.05, 0) is 42.8 Å². The lowest BCUT2D eigenvalue weighted by atomic mass is 10.2. The van der Waals surface area contributed by atoms with Gasteiger partial charge in [-0.2, -0.15) is 0 Å². The molecular weight excluding hydrogens is 241 g/mol. The van der Waals surface area contributed by atoms with Gasteiger partial charge in [-0.3, -0.25) is 0 Å². The van der Waals surface area contributed by atoms with Gasteiger partial charge < -0.3 is 10.5 Å². The van der Waals surface area contributed by atoms with E-state index in [1.165, 1.54) is 12.1 Å². The van der Waals surface area contributed by atoms with E-state index in [1.54, 1.807) is 24.3 Å². The van der Waals surface area contributed by atoms with Crippen LogP contribution in [0.5, 0.6) is 11.5 Å². The molecular formula is C13H11ClFNO. The zero-order chi connectivity index (χ0) is 12.4. The number of nitrogens with two attached hydrogens (primary N) is 1. The molecule has 0 unspecified atom stereocenters. The number of halogens is 2. The molecule has 2 nitrogen and oxygen atoms in total. The molecule has 0 spiro atoms. The monoisotopic (exact) mass is 251 g/mol. The summed E-state index contributed by atoms with van der Waals surface area (Å²) in [5, 5.41) is 0.0748. The average Bonchev–Trinajstić information content (AvgIpc) is 2.29. The van der Waals surface area contributed by atoms with E-state index < -0.39 is 5.82 Å². The highest BCUT2D eigenvalue weighted by molar-refractivity contribution is 6.30. The maximum absolute atomic E-state index is 13.2. The van der Waals surface area contributed by atoms with Crippen LogP contribution in [0.3, 0.4) is 0 Å². The predicted octanol–water partition coefficient (Wildman–Crippen LogP) is 4.16. The van der Waals surface area contributed by atoms with Crippen molar-refractivity contribution in [1.29, 1.82) is 0 Å². The van der Waals surface area contributed by atoms with Crippen LogP contribution in [0.25, 0.3) is 0 Å². The van der Waals surface area contributed by atoms with Crippen LogP contribution in [-0.2, 0) is 0 Å². The zero-order valence-corrected chi connectivity index (χ0v) is 9.96. The zero-order valence-electron chi connectivity index (χ0n) is 9.21. The second-order valence-electron chi connectivity index (χ2n) is 3.70. The lowest BCUT2D eigenvalue weighted by molar-refractivity contribution is 0.476. The largest absolute Gasteiger partial charge is 0.457 e. The van der Waals surface area contributed by atoms with Crippen LogP contribution in [0.4, 0.5) is 10.1 Å². The van der Waals surface area contributed by atoms with Crippen molar-refractivity contribution in [3.05, 3.63) is 52.8 Å². The van der Waals surface area contributed by atoms with Crippen molar-refractivity contribution >= 4 is 17.3 Å². The summed E-state index contributed by atoms with van der Waals surface area (Å²) in [4.78, 5) is 0. The van der Waals surface area contributed by atoms with E-state index >= 15 is 0 Å². The first kappa shape index (κ1) is 11.7. The summed E-state index contributed by atoms with van der Waals surface area (Å²) < 4.78 is 18.7. The Labute approximate surface area is 104 Å². The molecule has 4 heteroatoms. The molecule has 0 aliphatic carbocycles. The third-order valence-corrected chi connectivity index (χ3v) is 2.67. The molecule has 2 N–H and O–H groups in total. The molecule has 0 bridgehead atoms. The van der Waals surface area contributed by atoms with Gasteiger partial charge in [0.1, 0.15) is 17.3 Å². The van der Waals surface area contributed by atoms with Gasteiger partial charge in [-0.25, -0.2) is 4.39 Å². The highest BCUT2D eigenvalue weighted by Gasteiger charge is 2.04. The van der Waals surface area contributed by atoms with Gasteiger partial charge in [0.2, 0.25) is 0 Å². The fourth-order valence-electron chi connectivity index (χ4n) is 1.39. The van der Waals surface area contributed by atoms with E-state index in [4.69, 9.17) is 22.1 Å². The molecule has 0 saturated carbocycles. The Balaban J connectivity index is 2.25. The van der Waals surface area contributed by atoms with Crippen LogP contribution in [0.15, 0.2) is 36.4 Å². The van der Waals surface area contributed by atoms with Gasteiger partial charge in [0.25, 0.3) is 0 Å². The standard InChI is InChI=1S/C13H11ClFNO/c1-8-6-9(3-5-13(8)16)17-10-2-4-11(14)12(15)7-10/h2-7H,16H2,1H3. The first-order chi connectivity index (χ1) is 8.06. The quantitative estimate of drug-likeness (QED) is 0.814. The van der Waals surface area contributed by atoms with Crippen molar-refractivity contribution in [2.45, 2.75) is 6.92 Å². The summed E-state index contributed by atoms with van der Waals surface area (Å²) in [6, 6.07) is 9.58. The summed E-state index contributed by atoms with van der Waals surface area (Å²) >= 11 is 5.58. The molecule has 0 aliphatic rings. The first-order valence-electron chi connectivity index (χ1n) is 5.05. The summed E-state index contributed by atoms with van der Waals surface area (Å²) in [5.41, 5.74) is 7.30. The molecule has 0 saturated heterocycles. The lowest BCUT2D eigenvalue weighted by Crippen LogP contribution is -1.91. The maximum Gasteiger partial charge on any atom is 0.145 e. The third-order valence-electron chi connectivity index (χ3n) is 2.37. The Morgan fingerprint density at radius 1 is 1.12 bits per heavy atom. The smallest absolute Gasteiger partial charge is 0.145 e. The molecule has 2 aromatic rings. The van der Waals surface area contributed by atoms with Crippen LogP contribution in [0, 0.1) is 12.7 Å². The molecule has 0 fully saturated rings. The number of benzene rings is 2. The van der Waals surface area contributed by atoms with Gasteiger partial charge >= 0.3 is 0 Å². The Morgan fingerprint density at radius 2 is 1.76 bits per heavy atom. The molecule has 0 heterocycles. The van der Waals surface area contributed by atoms with Crippen LogP contribution in [0.2, 0.25) is 5.02 Å². The van der Waals surface area contributed by atoms with Crippen LogP contribution in [0.1, 0.15) is 5.56 Å². The predicted molar refractivity (Wildman–Crippen MR) is 67.1 cm³/mol. The van der Waals surface area contributed by atoms with E-state index in [-0.39, 0.29) is 5.02 Å². The number of ether oxygens (including phenoxy) is 1. The molecule has 0 atom stereocenters. The van der Waals surface area contributed by atoms with Crippen molar-refractivity contribution in [2.75, 3.05) is 5.73 Å². The fraction of sp³-hybridized carbons (Fsp3) is 0.0769. The Kier molecular flexibility index (Phi) is 3.20. The van der Waals surface area contributed by atoms with Gasteiger partial charge in [-0.1, -0.05) is 11.6 Å². The topological polar surface area (TPSA) is 35.2 Å². The summed E-state index contributed by atoms with van der Waals surface area (Å²) in [6.07, 6.45) is 0. The normalized spacial score (nSPS) is 10.3. The van der Waals surface area contributed by atoms with Gasteiger partial charge in [-0.15, -0.1) is 0 Å².